The van der Waals surface area contributed by atoms with Gasteiger partial charge in [0.05, 0.1) is 6.61 Å². The van der Waals surface area contributed by atoms with Gasteiger partial charge in [-0.05, 0) is 85.8 Å². The maximum atomic E-state index is 12.4. The van der Waals surface area contributed by atoms with E-state index in [-0.39, 0.29) is 12.1 Å². The highest BCUT2D eigenvalue weighted by Crippen LogP contribution is 2.35. The number of benzene rings is 1. The smallest absolute Gasteiger partial charge is 0.410 e. The zero-order valence-electron chi connectivity index (χ0n) is 17.2. The molecule has 1 aliphatic heterocycles. The molecule has 5 nitrogen and oxygen atoms in total. The normalized spacial score (nSPS) is 14.2. The molecule has 1 heterocycles. The Balaban J connectivity index is 2.01. The van der Waals surface area contributed by atoms with E-state index in [0.717, 1.165) is 29.5 Å². The topological polar surface area (TPSA) is 55.8 Å². The van der Waals surface area contributed by atoms with Gasteiger partial charge in [-0.25, -0.2) is 4.79 Å². The Morgan fingerprint density at radius 1 is 1.21 bits per heavy atom. The van der Waals surface area contributed by atoms with E-state index < -0.39 is 5.60 Å². The van der Waals surface area contributed by atoms with Crippen molar-refractivity contribution in [2.75, 3.05) is 25.4 Å². The summed E-state index contributed by atoms with van der Waals surface area (Å²) in [7, 11) is 0. The number of thioether (sulfide) groups is 1. The summed E-state index contributed by atoms with van der Waals surface area (Å²) in [5.41, 5.74) is 2.09. The molecule has 1 aromatic rings. The molecule has 0 radical (unpaired) electrons. The number of hydrogen-bond acceptors (Lipinski definition) is 5. The van der Waals surface area contributed by atoms with Crippen LogP contribution < -0.4 is 0 Å². The summed E-state index contributed by atoms with van der Waals surface area (Å²) in [6.07, 6.45) is 2.60. The Morgan fingerprint density at radius 2 is 1.93 bits per heavy atom. The van der Waals surface area contributed by atoms with Gasteiger partial charge in [0.25, 0.3) is 0 Å². The summed E-state index contributed by atoms with van der Waals surface area (Å²) in [5, 5.41) is 0. The van der Waals surface area contributed by atoms with Gasteiger partial charge in [0.2, 0.25) is 0 Å². The zero-order valence-corrected chi connectivity index (χ0v) is 19.6. The minimum Gasteiger partial charge on any atom is -0.466 e. The standard InChI is InChI=1S/C21H30BrNO4S/c1-5-26-18(24)7-6-14-28-19-16-11-13-23(20(25)27-21(2,3)4)12-10-15(16)8-9-17(19)22/h8-9H,5-7,10-14H2,1-4H3. The van der Waals surface area contributed by atoms with Crippen LogP contribution >= 0.6 is 27.7 Å². The van der Waals surface area contributed by atoms with Gasteiger partial charge in [0.15, 0.2) is 0 Å². The Bertz CT molecular complexity index is 702. The van der Waals surface area contributed by atoms with Crippen molar-refractivity contribution in [3.63, 3.8) is 0 Å². The van der Waals surface area contributed by atoms with Crippen molar-refractivity contribution in [2.24, 2.45) is 0 Å². The molecule has 0 saturated carbocycles. The molecular formula is C21H30BrNO4S. The van der Waals surface area contributed by atoms with Crippen LogP contribution in [0.2, 0.25) is 0 Å². The van der Waals surface area contributed by atoms with Gasteiger partial charge >= 0.3 is 12.1 Å². The van der Waals surface area contributed by atoms with Crippen molar-refractivity contribution in [3.05, 3.63) is 27.7 Å². The van der Waals surface area contributed by atoms with Gasteiger partial charge in [-0.15, -0.1) is 11.8 Å². The maximum Gasteiger partial charge on any atom is 0.410 e. The number of rotatable bonds is 6. The number of halogens is 1. The van der Waals surface area contributed by atoms with Crippen LogP contribution in [0.5, 0.6) is 0 Å². The van der Waals surface area contributed by atoms with E-state index in [1.165, 1.54) is 16.0 Å². The molecule has 0 unspecified atom stereocenters. The maximum absolute atomic E-state index is 12.4. The number of fused-ring (bicyclic) bond motifs is 1. The lowest BCUT2D eigenvalue weighted by atomic mass is 10.0. The van der Waals surface area contributed by atoms with Crippen molar-refractivity contribution >= 4 is 39.8 Å². The zero-order chi connectivity index (χ0) is 20.7. The van der Waals surface area contributed by atoms with Crippen LogP contribution in [0.1, 0.15) is 51.7 Å². The second kappa shape index (κ2) is 10.5. The lowest BCUT2D eigenvalue weighted by molar-refractivity contribution is -0.143. The van der Waals surface area contributed by atoms with Crippen molar-refractivity contribution in [1.82, 2.24) is 4.90 Å². The second-order valence-electron chi connectivity index (χ2n) is 7.74. The Kier molecular flexibility index (Phi) is 8.68. The lowest BCUT2D eigenvalue weighted by Gasteiger charge is -2.26. The van der Waals surface area contributed by atoms with Gasteiger partial charge in [0.1, 0.15) is 5.60 Å². The first-order valence-corrected chi connectivity index (χ1v) is 11.6. The molecule has 1 aliphatic rings. The Morgan fingerprint density at radius 3 is 2.61 bits per heavy atom. The van der Waals surface area contributed by atoms with Gasteiger partial charge in [-0.2, -0.15) is 0 Å². The molecule has 0 atom stereocenters. The number of esters is 1. The highest BCUT2D eigenvalue weighted by molar-refractivity contribution is 9.10. The summed E-state index contributed by atoms with van der Waals surface area (Å²) < 4.78 is 11.6. The number of carbonyl (C=O) groups is 2. The number of nitrogens with zero attached hydrogens (tertiary/aromatic N) is 1. The first kappa shape index (κ1) is 23.1. The van der Waals surface area contributed by atoms with E-state index in [1.807, 2.05) is 27.7 Å². The third-order valence-electron chi connectivity index (χ3n) is 4.32. The number of carbonyl (C=O) groups excluding carboxylic acids is 2. The largest absolute Gasteiger partial charge is 0.466 e. The van der Waals surface area contributed by atoms with Crippen molar-refractivity contribution in [1.29, 1.82) is 0 Å². The quantitative estimate of drug-likeness (QED) is 0.323. The summed E-state index contributed by atoms with van der Waals surface area (Å²) in [6.45, 7) is 9.23. The third-order valence-corrected chi connectivity index (χ3v) is 6.49. The molecule has 7 heteroatoms. The van der Waals surface area contributed by atoms with Gasteiger partial charge < -0.3 is 14.4 Å². The van der Waals surface area contributed by atoms with Gasteiger partial charge in [-0.3, -0.25) is 4.79 Å². The molecular weight excluding hydrogens is 442 g/mol. The van der Waals surface area contributed by atoms with Crippen LogP contribution in [0.3, 0.4) is 0 Å². The van der Waals surface area contributed by atoms with E-state index in [4.69, 9.17) is 9.47 Å². The summed E-state index contributed by atoms with van der Waals surface area (Å²) in [5.74, 6) is 0.714. The van der Waals surface area contributed by atoms with Crippen LogP contribution in [0.25, 0.3) is 0 Å². The van der Waals surface area contributed by atoms with E-state index >= 15 is 0 Å². The minimum absolute atomic E-state index is 0.137. The number of hydrogen-bond donors (Lipinski definition) is 0. The monoisotopic (exact) mass is 471 g/mol. The summed E-state index contributed by atoms with van der Waals surface area (Å²) >= 11 is 5.43. The van der Waals surface area contributed by atoms with Crippen LogP contribution in [0, 0.1) is 0 Å². The molecule has 1 amide bonds. The fourth-order valence-electron chi connectivity index (χ4n) is 3.05. The van der Waals surface area contributed by atoms with Crippen LogP contribution in [0.4, 0.5) is 4.79 Å². The predicted molar refractivity (Wildman–Crippen MR) is 116 cm³/mol. The van der Waals surface area contributed by atoms with Crippen LogP contribution in [0.15, 0.2) is 21.5 Å². The average Bonchev–Trinajstić information content (AvgIpc) is 2.82. The lowest BCUT2D eigenvalue weighted by Crippen LogP contribution is -2.38. The molecule has 2 rings (SSSR count). The van der Waals surface area contributed by atoms with Crippen LogP contribution in [-0.2, 0) is 27.1 Å². The SMILES string of the molecule is CCOC(=O)CCCSc1c(Br)ccc2c1CCN(C(=O)OC(C)(C)C)CC2. The highest BCUT2D eigenvalue weighted by atomic mass is 79.9. The highest BCUT2D eigenvalue weighted by Gasteiger charge is 2.25. The van der Waals surface area contributed by atoms with E-state index in [2.05, 4.69) is 28.1 Å². The molecule has 0 bridgehead atoms. The average molecular weight is 472 g/mol. The number of ether oxygens (including phenoxy) is 2. The third kappa shape index (κ3) is 6.99. The van der Waals surface area contributed by atoms with E-state index in [9.17, 15) is 9.59 Å². The molecule has 0 fully saturated rings. The molecule has 0 N–H and O–H groups in total. The van der Waals surface area contributed by atoms with Gasteiger partial charge in [0, 0.05) is 28.9 Å². The Hall–Kier alpha value is -1.21. The predicted octanol–water partition coefficient (Wildman–Crippen LogP) is 5.22. The molecule has 28 heavy (non-hydrogen) atoms. The van der Waals surface area contributed by atoms with Crippen LogP contribution in [-0.4, -0.2) is 48.0 Å². The molecule has 0 aromatic heterocycles. The summed E-state index contributed by atoms with van der Waals surface area (Å²) in [6, 6.07) is 4.22. The summed E-state index contributed by atoms with van der Waals surface area (Å²) in [4.78, 5) is 27.0. The molecule has 0 aliphatic carbocycles. The first-order chi connectivity index (χ1) is 13.2. The fourth-order valence-corrected chi connectivity index (χ4v) is 4.87. The first-order valence-electron chi connectivity index (χ1n) is 9.78. The van der Waals surface area contributed by atoms with Gasteiger partial charge in [-0.1, -0.05) is 6.07 Å². The van der Waals surface area contributed by atoms with Crippen molar-refractivity contribution < 1.29 is 19.1 Å². The number of amides is 1. The van der Waals surface area contributed by atoms with Crippen molar-refractivity contribution in [3.8, 4) is 0 Å². The molecule has 0 saturated heterocycles. The molecule has 0 spiro atoms. The van der Waals surface area contributed by atoms with E-state index in [1.54, 1.807) is 16.7 Å². The van der Waals surface area contributed by atoms with Crippen molar-refractivity contribution in [2.45, 2.75) is 63.9 Å². The second-order valence-corrected chi connectivity index (χ2v) is 9.70. The molecule has 1 aromatic carbocycles. The Labute approximate surface area is 180 Å². The van der Waals surface area contributed by atoms with E-state index in [0.29, 0.717) is 26.1 Å². The molecule has 156 valence electrons. The minimum atomic E-state index is -0.487. The fraction of sp³-hybridized carbons (Fsp3) is 0.619.